The molecule has 0 spiro atoms. The minimum atomic E-state index is 0.372. The fourth-order valence-corrected chi connectivity index (χ4v) is 4.18. The third kappa shape index (κ3) is 2.16. The molecule has 88 valence electrons. The summed E-state index contributed by atoms with van der Waals surface area (Å²) in [5.41, 5.74) is 1.24. The first kappa shape index (κ1) is 11.0. The molecule has 0 bridgehead atoms. The summed E-state index contributed by atoms with van der Waals surface area (Å²) in [5, 5.41) is 5.53. The van der Waals surface area contributed by atoms with Crippen molar-refractivity contribution in [2.75, 3.05) is 7.05 Å². The molecule has 3 aromatic heterocycles. The zero-order valence-corrected chi connectivity index (χ0v) is 11.1. The molecule has 1 atom stereocenters. The van der Waals surface area contributed by atoms with Gasteiger partial charge in [-0.2, -0.15) is 0 Å². The van der Waals surface area contributed by atoms with Crippen LogP contribution >= 0.6 is 22.7 Å². The molecule has 0 aliphatic rings. The molecular weight excluding hydrogens is 250 g/mol. The molecule has 3 heterocycles. The second-order valence-electron chi connectivity index (χ2n) is 3.97. The van der Waals surface area contributed by atoms with Gasteiger partial charge >= 0.3 is 0 Å². The van der Waals surface area contributed by atoms with E-state index in [1.807, 2.05) is 42.1 Å². The molecule has 0 aliphatic heterocycles. The highest BCUT2D eigenvalue weighted by atomic mass is 32.1. The number of hydrogen-bond acceptors (Lipinski definition) is 4. The van der Waals surface area contributed by atoms with E-state index in [1.165, 1.54) is 19.8 Å². The first-order valence-corrected chi connectivity index (χ1v) is 7.21. The van der Waals surface area contributed by atoms with Gasteiger partial charge in [0.15, 0.2) is 0 Å². The molecule has 1 N–H and O–H groups in total. The smallest absolute Gasteiger partial charge is 0.0935 e. The Kier molecular flexibility index (Phi) is 3.01. The van der Waals surface area contributed by atoms with E-state index >= 15 is 0 Å². The number of hydrogen-bond donors (Lipinski definition) is 1. The first-order chi connectivity index (χ1) is 8.36. The third-order valence-corrected chi connectivity index (χ3v) is 5.08. The summed E-state index contributed by atoms with van der Waals surface area (Å²) in [6, 6.07) is 6.89. The zero-order chi connectivity index (χ0) is 11.7. The van der Waals surface area contributed by atoms with Gasteiger partial charge in [-0.25, -0.2) is 0 Å². The number of thiophene rings is 2. The van der Waals surface area contributed by atoms with Gasteiger partial charge in [0.25, 0.3) is 0 Å². The Bertz CT molecular complexity index is 565. The average molecular weight is 263 g/mol. The van der Waals surface area contributed by atoms with E-state index < -0.39 is 0 Å². The highest BCUT2D eigenvalue weighted by molar-refractivity contribution is 7.26. The van der Waals surface area contributed by atoms with E-state index in [0.29, 0.717) is 6.04 Å². The molecule has 0 saturated carbocycles. The van der Waals surface area contributed by atoms with Crippen LogP contribution in [0, 0.1) is 0 Å². The van der Waals surface area contributed by atoms with Crippen LogP contribution in [0.15, 0.2) is 40.5 Å². The maximum absolute atomic E-state index is 5.12. The molecule has 17 heavy (non-hydrogen) atoms. The zero-order valence-electron chi connectivity index (χ0n) is 9.47. The summed E-state index contributed by atoms with van der Waals surface area (Å²) >= 11 is 3.68. The van der Waals surface area contributed by atoms with Gasteiger partial charge in [-0.05, 0) is 42.6 Å². The van der Waals surface area contributed by atoms with Crippen molar-refractivity contribution >= 4 is 32.1 Å². The van der Waals surface area contributed by atoms with Crippen LogP contribution in [0.2, 0.25) is 0 Å². The van der Waals surface area contributed by atoms with Crippen LogP contribution in [0.4, 0.5) is 0 Å². The van der Waals surface area contributed by atoms with Crippen LogP contribution in [-0.2, 0) is 6.42 Å². The molecule has 0 amide bonds. The van der Waals surface area contributed by atoms with E-state index in [0.717, 1.165) is 6.42 Å². The van der Waals surface area contributed by atoms with Crippen molar-refractivity contribution in [2.45, 2.75) is 12.5 Å². The number of likely N-dealkylation sites (N-methyl/N-ethyl adjacent to an activating group) is 1. The van der Waals surface area contributed by atoms with Crippen LogP contribution in [0.25, 0.3) is 9.40 Å². The molecule has 1 unspecified atom stereocenters. The van der Waals surface area contributed by atoms with Crippen LogP contribution in [0.5, 0.6) is 0 Å². The molecular formula is C13H13NOS2. The van der Waals surface area contributed by atoms with Crippen molar-refractivity contribution in [1.29, 1.82) is 0 Å². The highest BCUT2D eigenvalue weighted by Gasteiger charge is 2.14. The van der Waals surface area contributed by atoms with Crippen molar-refractivity contribution in [3.63, 3.8) is 0 Å². The Morgan fingerprint density at radius 2 is 2.29 bits per heavy atom. The average Bonchev–Trinajstić information content (AvgIpc) is 3.01. The van der Waals surface area contributed by atoms with Crippen LogP contribution in [0.1, 0.15) is 16.5 Å². The maximum atomic E-state index is 5.12. The van der Waals surface area contributed by atoms with Gasteiger partial charge in [0.1, 0.15) is 0 Å². The monoisotopic (exact) mass is 263 g/mol. The van der Waals surface area contributed by atoms with Crippen LogP contribution in [-0.4, -0.2) is 7.05 Å². The van der Waals surface area contributed by atoms with E-state index in [-0.39, 0.29) is 0 Å². The second kappa shape index (κ2) is 4.64. The number of furan rings is 1. The lowest BCUT2D eigenvalue weighted by molar-refractivity contribution is 0.554. The Hall–Kier alpha value is -1.10. The fourth-order valence-electron chi connectivity index (χ4n) is 1.95. The molecule has 0 aromatic carbocycles. The topological polar surface area (TPSA) is 25.2 Å². The summed E-state index contributed by atoms with van der Waals surface area (Å²) in [6.45, 7) is 0. The lowest BCUT2D eigenvalue weighted by Crippen LogP contribution is -2.17. The van der Waals surface area contributed by atoms with Gasteiger partial charge in [-0.3, -0.25) is 0 Å². The molecule has 0 radical (unpaired) electrons. The van der Waals surface area contributed by atoms with Crippen molar-refractivity contribution in [3.8, 4) is 0 Å². The minimum Gasteiger partial charge on any atom is -0.472 e. The predicted molar refractivity (Wildman–Crippen MR) is 73.9 cm³/mol. The summed E-state index contributed by atoms with van der Waals surface area (Å²) in [4.78, 5) is 1.40. The molecule has 4 heteroatoms. The molecule has 0 fully saturated rings. The Balaban J connectivity index is 1.87. The van der Waals surface area contributed by atoms with Gasteiger partial charge in [0.05, 0.1) is 12.5 Å². The Morgan fingerprint density at radius 1 is 1.35 bits per heavy atom. The minimum absolute atomic E-state index is 0.372. The standard InChI is InChI=1S/C13H13NOS2/c1-14-10(6-9-2-4-15-8-9)12-7-13-11(17-12)3-5-16-13/h2-5,7-8,10,14H,6H2,1H3. The lowest BCUT2D eigenvalue weighted by atomic mass is 10.1. The molecule has 3 rings (SSSR count). The van der Waals surface area contributed by atoms with Crippen molar-refractivity contribution in [1.82, 2.24) is 5.32 Å². The van der Waals surface area contributed by atoms with E-state index in [1.54, 1.807) is 6.26 Å². The van der Waals surface area contributed by atoms with E-state index in [2.05, 4.69) is 22.8 Å². The van der Waals surface area contributed by atoms with Gasteiger partial charge < -0.3 is 9.73 Å². The molecule has 3 aromatic rings. The van der Waals surface area contributed by atoms with Crippen LogP contribution in [0.3, 0.4) is 0 Å². The largest absolute Gasteiger partial charge is 0.472 e. The summed E-state index contributed by atoms with van der Waals surface area (Å²) in [5.74, 6) is 0. The molecule has 0 aliphatic carbocycles. The molecule has 0 saturated heterocycles. The van der Waals surface area contributed by atoms with Gasteiger partial charge in [-0.15, -0.1) is 22.7 Å². The Morgan fingerprint density at radius 3 is 3.00 bits per heavy atom. The lowest BCUT2D eigenvalue weighted by Gasteiger charge is -2.12. The summed E-state index contributed by atoms with van der Waals surface area (Å²) in [7, 11) is 2.01. The summed E-state index contributed by atoms with van der Waals surface area (Å²) in [6.07, 6.45) is 4.52. The fraction of sp³-hybridized carbons (Fsp3) is 0.231. The maximum Gasteiger partial charge on any atom is 0.0935 e. The van der Waals surface area contributed by atoms with Crippen LogP contribution < -0.4 is 5.32 Å². The number of nitrogens with one attached hydrogen (secondary N) is 1. The van der Waals surface area contributed by atoms with Gasteiger partial charge in [0.2, 0.25) is 0 Å². The Labute approximate surface area is 108 Å². The second-order valence-corrected chi connectivity index (χ2v) is 6.04. The molecule has 2 nitrogen and oxygen atoms in total. The van der Waals surface area contributed by atoms with Gasteiger partial charge in [0, 0.05) is 20.3 Å². The van der Waals surface area contributed by atoms with Crippen molar-refractivity contribution < 1.29 is 4.42 Å². The van der Waals surface area contributed by atoms with E-state index in [4.69, 9.17) is 4.42 Å². The van der Waals surface area contributed by atoms with E-state index in [9.17, 15) is 0 Å². The van der Waals surface area contributed by atoms with Crippen molar-refractivity contribution in [3.05, 3.63) is 46.5 Å². The van der Waals surface area contributed by atoms with Gasteiger partial charge in [-0.1, -0.05) is 0 Å². The quantitative estimate of drug-likeness (QED) is 0.768. The highest BCUT2D eigenvalue weighted by Crippen LogP contribution is 2.34. The normalized spacial score (nSPS) is 13.2. The SMILES string of the molecule is CNC(Cc1ccoc1)c1cc2sccc2s1. The predicted octanol–water partition coefficient (Wildman–Crippen LogP) is 4.06. The number of rotatable bonds is 4. The first-order valence-electron chi connectivity index (χ1n) is 5.52. The number of fused-ring (bicyclic) bond motifs is 1. The summed E-state index contributed by atoms with van der Waals surface area (Å²) < 4.78 is 7.89. The third-order valence-electron chi connectivity index (χ3n) is 2.87. The van der Waals surface area contributed by atoms with Crippen molar-refractivity contribution in [2.24, 2.45) is 0 Å².